The molecule has 1 aromatic heterocycles. The molecule has 0 radical (unpaired) electrons. The van der Waals surface area contributed by atoms with Gasteiger partial charge >= 0.3 is 0 Å². The van der Waals surface area contributed by atoms with Crippen LogP contribution in [-0.4, -0.2) is 57.7 Å². The molecule has 1 aliphatic heterocycles. The lowest BCUT2D eigenvalue weighted by atomic mass is 10.0. The summed E-state index contributed by atoms with van der Waals surface area (Å²) in [6, 6.07) is 15.9. The van der Waals surface area contributed by atoms with Crippen molar-refractivity contribution in [2.75, 3.05) is 38.8 Å². The molecule has 10 heteroatoms. The van der Waals surface area contributed by atoms with Crippen LogP contribution in [0.3, 0.4) is 0 Å². The van der Waals surface area contributed by atoms with E-state index in [-0.39, 0.29) is 18.4 Å². The number of furan rings is 1. The fraction of sp³-hybridized carbons (Fsp3) is 0.321. The zero-order chi connectivity index (χ0) is 26.9. The molecule has 0 aliphatic carbocycles. The molecular formula is C28H31N3O7. The summed E-state index contributed by atoms with van der Waals surface area (Å²) in [5.74, 6) is -0.464. The summed E-state index contributed by atoms with van der Waals surface area (Å²) in [5.41, 5.74) is 0.985. The van der Waals surface area contributed by atoms with Crippen molar-refractivity contribution in [2.45, 2.75) is 25.0 Å². The van der Waals surface area contributed by atoms with Gasteiger partial charge in [-0.15, -0.1) is 0 Å². The summed E-state index contributed by atoms with van der Waals surface area (Å²) in [6.45, 7) is 0.607. The molecule has 1 aliphatic rings. The number of benzene rings is 2. The van der Waals surface area contributed by atoms with Crippen LogP contribution < -0.4 is 25.0 Å². The van der Waals surface area contributed by atoms with Crippen molar-refractivity contribution in [1.29, 1.82) is 0 Å². The number of para-hydroxylation sites is 1. The Kier molecular flexibility index (Phi) is 8.99. The minimum absolute atomic E-state index is 0.0785. The van der Waals surface area contributed by atoms with Crippen molar-refractivity contribution in [2.24, 2.45) is 0 Å². The molecule has 200 valence electrons. The van der Waals surface area contributed by atoms with Gasteiger partial charge in [0.2, 0.25) is 11.8 Å². The van der Waals surface area contributed by atoms with Crippen LogP contribution in [0.25, 0.3) is 0 Å². The highest BCUT2D eigenvalue weighted by Gasteiger charge is 2.34. The molecule has 2 heterocycles. The first-order chi connectivity index (χ1) is 18.5. The second-order valence-electron chi connectivity index (χ2n) is 8.66. The number of nitrogens with zero attached hydrogens (tertiary/aromatic N) is 1. The van der Waals surface area contributed by atoms with Crippen molar-refractivity contribution < 1.29 is 33.0 Å². The first-order valence-corrected chi connectivity index (χ1v) is 12.3. The van der Waals surface area contributed by atoms with E-state index in [4.69, 9.17) is 18.6 Å². The summed E-state index contributed by atoms with van der Waals surface area (Å²) < 4.78 is 21.6. The van der Waals surface area contributed by atoms with E-state index in [0.717, 1.165) is 12.8 Å². The van der Waals surface area contributed by atoms with Crippen molar-refractivity contribution in [3.05, 3.63) is 78.3 Å². The van der Waals surface area contributed by atoms with Crippen molar-refractivity contribution in [3.8, 4) is 11.5 Å². The highest BCUT2D eigenvalue weighted by Crippen LogP contribution is 2.34. The second-order valence-corrected chi connectivity index (χ2v) is 8.66. The monoisotopic (exact) mass is 521 g/mol. The third kappa shape index (κ3) is 6.33. The minimum Gasteiger partial charge on any atom is -0.493 e. The molecule has 0 unspecified atom stereocenters. The average Bonchev–Trinajstić information content (AvgIpc) is 3.68. The Labute approximate surface area is 220 Å². The Morgan fingerprint density at radius 3 is 2.45 bits per heavy atom. The van der Waals surface area contributed by atoms with Gasteiger partial charge in [0.05, 0.1) is 33.1 Å². The molecule has 0 saturated carbocycles. The molecule has 2 atom stereocenters. The smallest absolute Gasteiger partial charge is 0.287 e. The summed E-state index contributed by atoms with van der Waals surface area (Å²) in [5, 5.41) is 5.53. The Morgan fingerprint density at radius 1 is 1.00 bits per heavy atom. The highest BCUT2D eigenvalue weighted by molar-refractivity contribution is 6.04. The maximum absolute atomic E-state index is 13.8. The van der Waals surface area contributed by atoms with Gasteiger partial charge in [0.15, 0.2) is 17.3 Å². The molecule has 38 heavy (non-hydrogen) atoms. The zero-order valence-electron chi connectivity index (χ0n) is 21.3. The maximum atomic E-state index is 13.8. The fourth-order valence-electron chi connectivity index (χ4n) is 4.32. The van der Waals surface area contributed by atoms with Gasteiger partial charge in [0.1, 0.15) is 6.04 Å². The predicted octanol–water partition coefficient (Wildman–Crippen LogP) is 3.10. The van der Waals surface area contributed by atoms with Crippen molar-refractivity contribution >= 4 is 23.4 Å². The number of rotatable bonds is 11. The number of hydrogen-bond donors (Lipinski definition) is 2. The van der Waals surface area contributed by atoms with Gasteiger partial charge in [0.25, 0.3) is 5.91 Å². The van der Waals surface area contributed by atoms with Gasteiger partial charge in [0, 0.05) is 18.8 Å². The Hall–Kier alpha value is -4.31. The Bertz CT molecular complexity index is 1220. The molecule has 1 saturated heterocycles. The zero-order valence-corrected chi connectivity index (χ0v) is 21.3. The summed E-state index contributed by atoms with van der Waals surface area (Å²) in [4.78, 5) is 41.3. The van der Waals surface area contributed by atoms with E-state index in [1.54, 1.807) is 48.5 Å². The van der Waals surface area contributed by atoms with Crippen LogP contribution in [0.5, 0.6) is 11.5 Å². The van der Waals surface area contributed by atoms with Crippen LogP contribution in [0.2, 0.25) is 0 Å². The Morgan fingerprint density at radius 2 is 1.79 bits per heavy atom. The predicted molar refractivity (Wildman–Crippen MR) is 139 cm³/mol. The number of methoxy groups -OCH3 is 2. The van der Waals surface area contributed by atoms with E-state index in [1.165, 1.54) is 31.4 Å². The molecule has 0 bridgehead atoms. The van der Waals surface area contributed by atoms with Gasteiger partial charge in [-0.2, -0.15) is 0 Å². The van der Waals surface area contributed by atoms with Crippen LogP contribution >= 0.6 is 0 Å². The molecular weight excluding hydrogens is 490 g/mol. The fourth-order valence-corrected chi connectivity index (χ4v) is 4.32. The van der Waals surface area contributed by atoms with Gasteiger partial charge in [-0.3, -0.25) is 19.3 Å². The molecule has 10 nitrogen and oxygen atoms in total. The van der Waals surface area contributed by atoms with E-state index in [1.807, 2.05) is 6.07 Å². The van der Waals surface area contributed by atoms with Crippen molar-refractivity contribution in [3.63, 3.8) is 0 Å². The van der Waals surface area contributed by atoms with Crippen LogP contribution in [0.15, 0.2) is 71.3 Å². The summed E-state index contributed by atoms with van der Waals surface area (Å²) in [7, 11) is 3.02. The first-order valence-electron chi connectivity index (χ1n) is 12.3. The standard InChI is InChI=1S/C28H31N3O7/c1-35-22-13-12-19(16-24(22)36-2)26(28(34)29-17-21-10-6-14-37-21)31(20-8-4-3-5-9-20)25(32)18-30-27(33)23-11-7-15-38-23/h3-5,7-9,11-13,15-16,21,26H,6,10,14,17-18H2,1-2H3,(H,29,34)(H,30,33)/t21-,26-/m1/s1. The first kappa shape index (κ1) is 26.7. The molecule has 2 aromatic carbocycles. The van der Waals surface area contributed by atoms with Crippen LogP contribution in [0.1, 0.15) is 35.0 Å². The minimum atomic E-state index is -1.08. The molecule has 1 fully saturated rings. The summed E-state index contributed by atoms with van der Waals surface area (Å²) in [6.07, 6.45) is 3.07. The van der Waals surface area contributed by atoms with E-state index in [0.29, 0.717) is 35.9 Å². The van der Waals surface area contributed by atoms with E-state index >= 15 is 0 Å². The summed E-state index contributed by atoms with van der Waals surface area (Å²) >= 11 is 0. The van der Waals surface area contributed by atoms with Gasteiger partial charge in [-0.25, -0.2) is 0 Å². The molecule has 0 spiro atoms. The number of nitrogens with one attached hydrogen (secondary N) is 2. The number of ether oxygens (including phenoxy) is 3. The number of carbonyl (C=O) groups is 3. The molecule has 4 rings (SSSR count). The van der Waals surface area contributed by atoms with Crippen LogP contribution in [-0.2, 0) is 14.3 Å². The normalized spacial score (nSPS) is 15.4. The van der Waals surface area contributed by atoms with E-state index < -0.39 is 23.8 Å². The quantitative estimate of drug-likeness (QED) is 0.398. The number of carbonyl (C=O) groups excluding carboxylic acids is 3. The topological polar surface area (TPSA) is 119 Å². The largest absolute Gasteiger partial charge is 0.493 e. The maximum Gasteiger partial charge on any atom is 0.287 e. The van der Waals surface area contributed by atoms with Gasteiger partial charge in [-0.1, -0.05) is 24.3 Å². The molecule has 3 amide bonds. The third-order valence-corrected chi connectivity index (χ3v) is 6.21. The lowest BCUT2D eigenvalue weighted by Crippen LogP contribution is -2.48. The highest BCUT2D eigenvalue weighted by atomic mass is 16.5. The SMILES string of the molecule is COc1ccc([C@H](C(=O)NC[C@H]2CCCO2)N(C(=O)CNC(=O)c2ccco2)c2ccccc2)cc1OC. The van der Waals surface area contributed by atoms with Gasteiger partial charge in [-0.05, 0) is 54.8 Å². The Balaban J connectivity index is 1.68. The third-order valence-electron chi connectivity index (χ3n) is 6.21. The van der Waals surface area contributed by atoms with Crippen LogP contribution in [0.4, 0.5) is 5.69 Å². The number of hydrogen-bond acceptors (Lipinski definition) is 7. The lowest BCUT2D eigenvalue weighted by molar-refractivity contribution is -0.126. The molecule has 2 N–H and O–H groups in total. The molecule has 3 aromatic rings. The van der Waals surface area contributed by atoms with E-state index in [2.05, 4.69) is 10.6 Å². The lowest BCUT2D eigenvalue weighted by Gasteiger charge is -2.32. The average molecular weight is 522 g/mol. The second kappa shape index (κ2) is 12.8. The van der Waals surface area contributed by atoms with Gasteiger partial charge < -0.3 is 29.3 Å². The number of amides is 3. The van der Waals surface area contributed by atoms with E-state index in [9.17, 15) is 14.4 Å². The van der Waals surface area contributed by atoms with Crippen LogP contribution in [0, 0.1) is 0 Å². The number of anilines is 1. The van der Waals surface area contributed by atoms with Crippen molar-refractivity contribution in [1.82, 2.24) is 10.6 Å².